The average molecular weight is 310 g/mol. The summed E-state index contributed by atoms with van der Waals surface area (Å²) in [4.78, 5) is 0. The molecule has 0 aliphatic carbocycles. The molecule has 1 N–H and O–H groups in total. The second-order valence-corrected chi connectivity index (χ2v) is 4.81. The van der Waals surface area contributed by atoms with Crippen molar-refractivity contribution < 1.29 is 13.9 Å². The van der Waals surface area contributed by atoms with Gasteiger partial charge in [-0.15, -0.1) is 0 Å². The highest BCUT2D eigenvalue weighted by Gasteiger charge is 2.05. The minimum absolute atomic E-state index is 0.300. The van der Waals surface area contributed by atoms with Crippen molar-refractivity contribution in [2.75, 3.05) is 20.3 Å². The van der Waals surface area contributed by atoms with Gasteiger partial charge < -0.3 is 14.8 Å². The minimum Gasteiger partial charge on any atom is -0.497 e. The van der Waals surface area contributed by atoms with Crippen LogP contribution in [0.15, 0.2) is 42.5 Å². The van der Waals surface area contributed by atoms with Crippen molar-refractivity contribution in [1.29, 1.82) is 0 Å². The maximum absolute atomic E-state index is 13.5. The molecule has 2 rings (SSSR count). The minimum atomic E-state index is -0.300. The Labute approximate surface area is 128 Å². The molecule has 0 saturated heterocycles. The Bertz CT molecular complexity index is 555. The van der Waals surface area contributed by atoms with E-state index in [1.807, 2.05) is 24.3 Å². The van der Waals surface area contributed by atoms with E-state index in [2.05, 4.69) is 5.32 Å². The van der Waals surface area contributed by atoms with Crippen LogP contribution in [0.3, 0.4) is 0 Å². The van der Waals surface area contributed by atoms with E-state index in [0.717, 1.165) is 11.5 Å². The predicted octanol–water partition coefficient (Wildman–Crippen LogP) is 3.66. The van der Waals surface area contributed by atoms with Crippen molar-refractivity contribution in [3.05, 3.63) is 58.9 Å². The number of hydrogen-bond acceptors (Lipinski definition) is 3. The smallest absolute Gasteiger partial charge is 0.129 e. The van der Waals surface area contributed by atoms with Gasteiger partial charge in [-0.25, -0.2) is 4.39 Å². The molecule has 0 saturated carbocycles. The summed E-state index contributed by atoms with van der Waals surface area (Å²) >= 11 is 5.94. The maximum atomic E-state index is 13.5. The van der Waals surface area contributed by atoms with E-state index in [9.17, 15) is 4.39 Å². The van der Waals surface area contributed by atoms with Crippen LogP contribution in [0.4, 0.5) is 4.39 Å². The predicted molar refractivity (Wildman–Crippen MR) is 81.6 cm³/mol. The van der Waals surface area contributed by atoms with E-state index in [4.69, 9.17) is 21.1 Å². The highest BCUT2D eigenvalue weighted by Crippen LogP contribution is 2.18. The van der Waals surface area contributed by atoms with Crippen molar-refractivity contribution in [3.8, 4) is 11.5 Å². The summed E-state index contributed by atoms with van der Waals surface area (Å²) in [5, 5.41) is 3.53. The van der Waals surface area contributed by atoms with E-state index >= 15 is 0 Å². The number of hydrogen-bond donors (Lipinski definition) is 1. The Balaban J connectivity index is 1.72. The number of rotatable bonds is 7. The summed E-state index contributed by atoms with van der Waals surface area (Å²) in [5.41, 5.74) is 0.476. The second-order valence-electron chi connectivity index (χ2n) is 4.40. The summed E-state index contributed by atoms with van der Waals surface area (Å²) in [5.74, 6) is 1.25. The highest BCUT2D eigenvalue weighted by molar-refractivity contribution is 6.31. The molecule has 3 nitrogen and oxygen atoms in total. The van der Waals surface area contributed by atoms with Crippen LogP contribution in [0.5, 0.6) is 11.5 Å². The van der Waals surface area contributed by atoms with Gasteiger partial charge >= 0.3 is 0 Å². The van der Waals surface area contributed by atoms with Crippen molar-refractivity contribution in [2.45, 2.75) is 6.54 Å². The summed E-state index contributed by atoms with van der Waals surface area (Å²) in [7, 11) is 1.62. The van der Waals surface area contributed by atoms with E-state index in [-0.39, 0.29) is 5.82 Å². The first kappa shape index (κ1) is 15.6. The summed E-state index contributed by atoms with van der Waals surface area (Å²) in [6.07, 6.45) is 0. The summed E-state index contributed by atoms with van der Waals surface area (Å²) in [6.45, 7) is 1.45. The zero-order valence-electron chi connectivity index (χ0n) is 11.7. The molecule has 2 aromatic rings. The van der Waals surface area contributed by atoms with Crippen LogP contribution in [-0.2, 0) is 6.54 Å². The van der Waals surface area contributed by atoms with Gasteiger partial charge in [0.05, 0.1) is 7.11 Å². The highest BCUT2D eigenvalue weighted by atomic mass is 35.5. The standard InChI is InChI=1S/C16H17ClFNO2/c1-20-12-5-7-13(8-6-12)21-10-9-19-11-14-15(17)3-2-4-16(14)18/h2-8,19H,9-11H2,1H3. The number of benzene rings is 2. The molecule has 0 aliphatic heterocycles. The van der Waals surface area contributed by atoms with Crippen LogP contribution in [0, 0.1) is 5.82 Å². The third kappa shape index (κ3) is 4.62. The number of methoxy groups -OCH3 is 1. The largest absolute Gasteiger partial charge is 0.497 e. The first-order valence-electron chi connectivity index (χ1n) is 6.61. The first-order valence-corrected chi connectivity index (χ1v) is 6.99. The Morgan fingerprint density at radius 1 is 1.10 bits per heavy atom. The first-order chi connectivity index (χ1) is 10.2. The van der Waals surface area contributed by atoms with Crippen LogP contribution in [0.2, 0.25) is 5.02 Å². The summed E-state index contributed by atoms with van der Waals surface area (Å²) < 4.78 is 24.2. The molecule has 0 aromatic heterocycles. The molecule has 0 aliphatic rings. The number of ether oxygens (including phenoxy) is 2. The lowest BCUT2D eigenvalue weighted by Gasteiger charge is -2.09. The Morgan fingerprint density at radius 3 is 2.48 bits per heavy atom. The number of nitrogens with one attached hydrogen (secondary N) is 1. The zero-order chi connectivity index (χ0) is 15.1. The lowest BCUT2D eigenvalue weighted by molar-refractivity contribution is 0.312. The van der Waals surface area contributed by atoms with Gasteiger partial charge in [-0.05, 0) is 36.4 Å². The topological polar surface area (TPSA) is 30.5 Å². The van der Waals surface area contributed by atoms with Crippen LogP contribution < -0.4 is 14.8 Å². The third-order valence-electron chi connectivity index (χ3n) is 2.97. The molecule has 0 spiro atoms. The van der Waals surface area contributed by atoms with E-state index < -0.39 is 0 Å². The fraction of sp³-hybridized carbons (Fsp3) is 0.250. The molecule has 2 aromatic carbocycles. The van der Waals surface area contributed by atoms with Gasteiger partial charge in [-0.1, -0.05) is 17.7 Å². The van der Waals surface area contributed by atoms with Crippen molar-refractivity contribution in [1.82, 2.24) is 5.32 Å². The molecule has 5 heteroatoms. The lowest BCUT2D eigenvalue weighted by Crippen LogP contribution is -2.21. The third-order valence-corrected chi connectivity index (χ3v) is 3.32. The molecular formula is C16H17ClFNO2. The summed E-state index contributed by atoms with van der Waals surface area (Å²) in [6, 6.07) is 12.0. The van der Waals surface area contributed by atoms with E-state index in [0.29, 0.717) is 30.3 Å². The molecule has 21 heavy (non-hydrogen) atoms. The fourth-order valence-corrected chi connectivity index (χ4v) is 2.06. The lowest BCUT2D eigenvalue weighted by atomic mass is 10.2. The van der Waals surface area contributed by atoms with Crippen molar-refractivity contribution in [3.63, 3.8) is 0 Å². The van der Waals surface area contributed by atoms with Crippen LogP contribution in [0.25, 0.3) is 0 Å². The van der Waals surface area contributed by atoms with Crippen molar-refractivity contribution in [2.24, 2.45) is 0 Å². The van der Waals surface area contributed by atoms with Gasteiger partial charge in [0.15, 0.2) is 0 Å². The Morgan fingerprint density at radius 2 is 1.81 bits per heavy atom. The van der Waals surface area contributed by atoms with Gasteiger partial charge in [-0.2, -0.15) is 0 Å². The number of halogens is 2. The zero-order valence-corrected chi connectivity index (χ0v) is 12.5. The molecule has 0 atom stereocenters. The quantitative estimate of drug-likeness (QED) is 0.792. The fourth-order valence-electron chi connectivity index (χ4n) is 1.83. The van der Waals surface area contributed by atoms with Gasteiger partial charge in [0.2, 0.25) is 0 Å². The van der Waals surface area contributed by atoms with Crippen LogP contribution in [0.1, 0.15) is 5.56 Å². The molecule has 0 bridgehead atoms. The van der Waals surface area contributed by atoms with Gasteiger partial charge in [-0.3, -0.25) is 0 Å². The maximum Gasteiger partial charge on any atom is 0.129 e. The molecule has 0 radical (unpaired) electrons. The van der Waals surface area contributed by atoms with E-state index in [1.165, 1.54) is 6.07 Å². The molecule has 0 unspecified atom stereocenters. The van der Waals surface area contributed by atoms with E-state index in [1.54, 1.807) is 19.2 Å². The molecule has 0 amide bonds. The van der Waals surface area contributed by atoms with Crippen molar-refractivity contribution >= 4 is 11.6 Å². The molecular weight excluding hydrogens is 293 g/mol. The van der Waals surface area contributed by atoms with Gasteiger partial charge in [0.25, 0.3) is 0 Å². The molecule has 0 fully saturated rings. The molecule has 112 valence electrons. The normalized spacial score (nSPS) is 10.4. The average Bonchev–Trinajstić information content (AvgIpc) is 2.50. The van der Waals surface area contributed by atoms with Crippen LogP contribution >= 0.6 is 11.6 Å². The van der Waals surface area contributed by atoms with Crippen LogP contribution in [-0.4, -0.2) is 20.3 Å². The second kappa shape index (κ2) is 7.86. The van der Waals surface area contributed by atoms with Gasteiger partial charge in [0, 0.05) is 23.7 Å². The monoisotopic (exact) mass is 309 g/mol. The van der Waals surface area contributed by atoms with Gasteiger partial charge in [0.1, 0.15) is 23.9 Å². The Kier molecular flexibility index (Phi) is 5.84. The Hall–Kier alpha value is -1.78. The SMILES string of the molecule is COc1ccc(OCCNCc2c(F)cccc2Cl)cc1. The molecule has 0 heterocycles.